The summed E-state index contributed by atoms with van der Waals surface area (Å²) in [6.07, 6.45) is 4.67. The van der Waals surface area contributed by atoms with E-state index in [-0.39, 0.29) is 0 Å². The largest absolute Gasteiger partial charge is 0.371 e. The molecule has 0 amide bonds. The first kappa shape index (κ1) is 13.6. The summed E-state index contributed by atoms with van der Waals surface area (Å²) in [6, 6.07) is 12.5. The summed E-state index contributed by atoms with van der Waals surface area (Å²) >= 11 is 0. The predicted molar refractivity (Wildman–Crippen MR) is 84.0 cm³/mol. The molecule has 0 aliphatic carbocycles. The van der Waals surface area contributed by atoms with Gasteiger partial charge in [-0.3, -0.25) is 0 Å². The van der Waals surface area contributed by atoms with Crippen LogP contribution in [-0.4, -0.2) is 13.1 Å². The summed E-state index contributed by atoms with van der Waals surface area (Å²) in [5.41, 5.74) is 5.49. The van der Waals surface area contributed by atoms with E-state index in [1.54, 1.807) is 0 Å². The molecular weight excluding hydrogens is 258 g/mol. The van der Waals surface area contributed by atoms with Crippen molar-refractivity contribution in [2.45, 2.75) is 19.8 Å². The molecule has 1 aromatic heterocycles. The van der Waals surface area contributed by atoms with Gasteiger partial charge in [0.25, 0.3) is 0 Å². The van der Waals surface area contributed by atoms with Gasteiger partial charge in [0.15, 0.2) is 6.20 Å². The molecule has 1 fully saturated rings. The Morgan fingerprint density at radius 1 is 1.14 bits per heavy atom. The average Bonchev–Trinajstić information content (AvgIpc) is 3.03. The van der Waals surface area contributed by atoms with Crippen molar-refractivity contribution in [2.24, 2.45) is 7.05 Å². The minimum absolute atomic E-state index is 0.710. The third kappa shape index (κ3) is 2.62. The van der Waals surface area contributed by atoms with Gasteiger partial charge in [0, 0.05) is 30.9 Å². The average molecular weight is 278 g/mol. The summed E-state index contributed by atoms with van der Waals surface area (Å²) in [6.45, 7) is 4.38. The highest BCUT2D eigenvalue weighted by Crippen LogP contribution is 2.26. The zero-order chi connectivity index (χ0) is 14.8. The molecule has 0 unspecified atom stereocenters. The Morgan fingerprint density at radius 2 is 1.90 bits per heavy atom. The quantitative estimate of drug-likeness (QED) is 0.791. The zero-order valence-electron chi connectivity index (χ0n) is 12.6. The highest BCUT2D eigenvalue weighted by atomic mass is 15.1. The Labute approximate surface area is 126 Å². The van der Waals surface area contributed by atoms with Crippen LogP contribution < -0.4 is 9.47 Å². The van der Waals surface area contributed by atoms with E-state index in [1.165, 1.54) is 24.1 Å². The second kappa shape index (κ2) is 5.57. The molecule has 3 heteroatoms. The Morgan fingerprint density at radius 3 is 2.62 bits per heavy atom. The van der Waals surface area contributed by atoms with Crippen molar-refractivity contribution >= 4 is 5.69 Å². The van der Waals surface area contributed by atoms with Crippen molar-refractivity contribution in [1.82, 2.24) is 0 Å². The zero-order valence-corrected chi connectivity index (χ0v) is 12.6. The molecule has 0 atom stereocenters. The minimum atomic E-state index is 0.710. The molecule has 1 aliphatic heterocycles. The molecule has 3 nitrogen and oxygen atoms in total. The molecule has 0 bridgehead atoms. The van der Waals surface area contributed by atoms with Gasteiger partial charge in [-0.2, -0.15) is 5.26 Å². The van der Waals surface area contributed by atoms with E-state index in [4.69, 9.17) is 5.26 Å². The lowest BCUT2D eigenvalue weighted by molar-refractivity contribution is -0.660. The number of hydrogen-bond donors (Lipinski definition) is 0. The van der Waals surface area contributed by atoms with Gasteiger partial charge in [0.05, 0.1) is 17.2 Å². The van der Waals surface area contributed by atoms with E-state index in [1.807, 2.05) is 18.2 Å². The molecule has 1 aliphatic rings. The van der Waals surface area contributed by atoms with E-state index >= 15 is 0 Å². The molecule has 1 saturated heterocycles. The smallest absolute Gasteiger partial charge is 0.214 e. The summed E-state index contributed by atoms with van der Waals surface area (Å²) in [5.74, 6) is 0. The van der Waals surface area contributed by atoms with E-state index < -0.39 is 0 Å². The Bertz CT molecular complexity index is 707. The molecule has 106 valence electrons. The van der Waals surface area contributed by atoms with Crippen molar-refractivity contribution < 1.29 is 4.57 Å². The Balaban J connectivity index is 2.09. The first-order valence-corrected chi connectivity index (χ1v) is 7.45. The first-order chi connectivity index (χ1) is 10.2. The second-order valence-electron chi connectivity index (χ2n) is 5.72. The normalized spacial score (nSPS) is 14.2. The van der Waals surface area contributed by atoms with Gasteiger partial charge in [-0.25, -0.2) is 4.57 Å². The molecule has 21 heavy (non-hydrogen) atoms. The number of anilines is 1. The van der Waals surface area contributed by atoms with Crippen LogP contribution in [0.1, 0.15) is 24.0 Å². The van der Waals surface area contributed by atoms with Gasteiger partial charge in [-0.15, -0.1) is 0 Å². The standard InChI is InChI=1S/C18H20N3/c1-14-5-6-15(13-19)11-17(14)18-12-16(7-10-20(18)2)21-8-3-4-9-21/h5-7,10-12H,3-4,8-9H2,1-2H3/q+1. The second-order valence-corrected chi connectivity index (χ2v) is 5.72. The number of benzene rings is 1. The van der Waals surface area contributed by atoms with Crippen LogP contribution >= 0.6 is 0 Å². The van der Waals surface area contributed by atoms with E-state index in [2.05, 4.69) is 47.8 Å². The van der Waals surface area contributed by atoms with Crippen molar-refractivity contribution in [3.05, 3.63) is 47.7 Å². The molecule has 0 N–H and O–H groups in total. The minimum Gasteiger partial charge on any atom is -0.371 e. The maximum atomic E-state index is 9.13. The molecule has 2 heterocycles. The van der Waals surface area contributed by atoms with E-state index in [0.717, 1.165) is 24.3 Å². The summed E-state index contributed by atoms with van der Waals surface area (Å²) in [4.78, 5) is 2.44. The van der Waals surface area contributed by atoms with Crippen LogP contribution in [0.4, 0.5) is 5.69 Å². The summed E-state index contributed by atoms with van der Waals surface area (Å²) in [5, 5.41) is 9.13. The fraction of sp³-hybridized carbons (Fsp3) is 0.333. The van der Waals surface area contributed by atoms with Gasteiger partial charge in [-0.05, 0) is 37.5 Å². The van der Waals surface area contributed by atoms with Crippen molar-refractivity contribution in [1.29, 1.82) is 5.26 Å². The highest BCUT2D eigenvalue weighted by molar-refractivity contribution is 5.67. The van der Waals surface area contributed by atoms with Crippen molar-refractivity contribution in [3.63, 3.8) is 0 Å². The van der Waals surface area contributed by atoms with Crippen LogP contribution in [0.25, 0.3) is 11.3 Å². The van der Waals surface area contributed by atoms with E-state index in [9.17, 15) is 0 Å². The first-order valence-electron chi connectivity index (χ1n) is 7.45. The van der Waals surface area contributed by atoms with Gasteiger partial charge < -0.3 is 4.90 Å². The highest BCUT2D eigenvalue weighted by Gasteiger charge is 2.18. The van der Waals surface area contributed by atoms with E-state index in [0.29, 0.717) is 5.56 Å². The molecule has 1 aromatic carbocycles. The number of rotatable bonds is 2. The number of nitrogens with zero attached hydrogens (tertiary/aromatic N) is 3. The van der Waals surface area contributed by atoms with Gasteiger partial charge in [0.1, 0.15) is 7.05 Å². The number of aromatic nitrogens is 1. The fourth-order valence-electron chi connectivity index (χ4n) is 2.97. The maximum absolute atomic E-state index is 9.13. The number of pyridine rings is 1. The molecule has 0 saturated carbocycles. The third-order valence-electron chi connectivity index (χ3n) is 4.25. The monoisotopic (exact) mass is 278 g/mol. The van der Waals surface area contributed by atoms with Crippen LogP contribution in [-0.2, 0) is 7.05 Å². The number of aryl methyl sites for hydroxylation is 2. The molecular formula is C18H20N3+. The Kier molecular flexibility index (Phi) is 3.62. The van der Waals surface area contributed by atoms with Crippen molar-refractivity contribution in [2.75, 3.05) is 18.0 Å². The lowest BCUT2D eigenvalue weighted by Crippen LogP contribution is -2.31. The summed E-state index contributed by atoms with van der Waals surface area (Å²) in [7, 11) is 2.06. The lowest BCUT2D eigenvalue weighted by Gasteiger charge is -2.17. The van der Waals surface area contributed by atoms with Crippen LogP contribution in [0.3, 0.4) is 0 Å². The fourth-order valence-corrected chi connectivity index (χ4v) is 2.97. The summed E-state index contributed by atoms with van der Waals surface area (Å²) < 4.78 is 2.13. The molecule has 2 aromatic rings. The molecule has 0 spiro atoms. The molecule has 0 radical (unpaired) electrons. The Hall–Kier alpha value is -2.34. The van der Waals surface area contributed by atoms with Gasteiger partial charge >= 0.3 is 0 Å². The van der Waals surface area contributed by atoms with Crippen LogP contribution in [0, 0.1) is 18.3 Å². The van der Waals surface area contributed by atoms with Crippen LogP contribution in [0.5, 0.6) is 0 Å². The van der Waals surface area contributed by atoms with Gasteiger partial charge in [0.2, 0.25) is 5.69 Å². The number of hydrogen-bond acceptors (Lipinski definition) is 2. The number of nitriles is 1. The molecule has 3 rings (SSSR count). The van der Waals surface area contributed by atoms with Crippen LogP contribution in [0.15, 0.2) is 36.5 Å². The maximum Gasteiger partial charge on any atom is 0.214 e. The van der Waals surface area contributed by atoms with Crippen molar-refractivity contribution in [3.8, 4) is 17.3 Å². The third-order valence-corrected chi connectivity index (χ3v) is 4.25. The lowest BCUT2D eigenvalue weighted by atomic mass is 10.0. The SMILES string of the molecule is Cc1ccc(C#N)cc1-c1cc(N2CCCC2)cc[n+]1C. The van der Waals surface area contributed by atoms with Crippen LogP contribution in [0.2, 0.25) is 0 Å². The van der Waals surface area contributed by atoms with Gasteiger partial charge in [-0.1, -0.05) is 6.07 Å². The topological polar surface area (TPSA) is 30.9 Å². The predicted octanol–water partition coefficient (Wildman–Crippen LogP) is 2.96.